The van der Waals surface area contributed by atoms with Gasteiger partial charge in [0.2, 0.25) is 0 Å². The van der Waals surface area contributed by atoms with Gasteiger partial charge >= 0.3 is 0 Å². The van der Waals surface area contributed by atoms with Gasteiger partial charge in [0.15, 0.2) is 9.84 Å². The molecule has 1 aromatic heterocycles. The lowest BCUT2D eigenvalue weighted by atomic mass is 10.1. The Labute approximate surface area is 171 Å². The number of amides is 1. The summed E-state index contributed by atoms with van der Waals surface area (Å²) in [5, 5.41) is 13.6. The molecule has 1 amide bonds. The number of rotatable bonds is 4. The third kappa shape index (κ3) is 3.85. The monoisotopic (exact) mass is 424 g/mol. The lowest BCUT2D eigenvalue weighted by Crippen LogP contribution is -2.16. The quantitative estimate of drug-likeness (QED) is 0.476. The Bertz CT molecular complexity index is 1310. The topological polar surface area (TPSA) is 96.4 Å². The zero-order valence-electron chi connectivity index (χ0n) is 15.3. The highest BCUT2D eigenvalue weighted by atomic mass is 32.2. The summed E-state index contributed by atoms with van der Waals surface area (Å²) in [5.74, 6) is -0.509. The van der Waals surface area contributed by atoms with Crippen molar-refractivity contribution in [2.75, 3.05) is 11.6 Å². The molecule has 1 heterocycles. The third-order valence-electron chi connectivity index (χ3n) is 4.31. The molecule has 2 N–H and O–H groups in total. The number of sulfone groups is 1. The van der Waals surface area contributed by atoms with Crippen molar-refractivity contribution < 1.29 is 18.3 Å². The van der Waals surface area contributed by atoms with Crippen molar-refractivity contribution in [1.82, 2.24) is 4.98 Å². The van der Waals surface area contributed by atoms with Gasteiger partial charge in [-0.2, -0.15) is 0 Å². The minimum Gasteiger partial charge on any atom is -0.507 e. The Kier molecular flexibility index (Phi) is 4.81. The molecule has 4 aromatic rings. The molecule has 29 heavy (non-hydrogen) atoms. The van der Waals surface area contributed by atoms with Gasteiger partial charge in [0.1, 0.15) is 10.8 Å². The second-order valence-corrected chi connectivity index (χ2v) is 9.46. The van der Waals surface area contributed by atoms with Gasteiger partial charge in [-0.25, -0.2) is 13.4 Å². The Morgan fingerprint density at radius 2 is 1.76 bits per heavy atom. The maximum atomic E-state index is 12.7. The van der Waals surface area contributed by atoms with Crippen LogP contribution < -0.4 is 5.32 Å². The van der Waals surface area contributed by atoms with Crippen LogP contribution in [0.3, 0.4) is 0 Å². The molecule has 0 aliphatic carbocycles. The summed E-state index contributed by atoms with van der Waals surface area (Å²) in [4.78, 5) is 17.2. The van der Waals surface area contributed by atoms with E-state index in [1.807, 2.05) is 24.3 Å². The highest BCUT2D eigenvalue weighted by molar-refractivity contribution is 7.90. The van der Waals surface area contributed by atoms with Crippen molar-refractivity contribution in [2.24, 2.45) is 0 Å². The van der Waals surface area contributed by atoms with E-state index in [-0.39, 0.29) is 16.2 Å². The van der Waals surface area contributed by atoms with E-state index in [1.165, 1.54) is 29.5 Å². The number of thiazole rings is 1. The van der Waals surface area contributed by atoms with E-state index in [0.29, 0.717) is 16.3 Å². The molecule has 0 aliphatic rings. The summed E-state index contributed by atoms with van der Waals surface area (Å²) in [5.41, 5.74) is 1.79. The number of aromatic nitrogens is 1. The first-order valence-corrected chi connectivity index (χ1v) is 11.3. The molecule has 0 bridgehead atoms. The summed E-state index contributed by atoms with van der Waals surface area (Å²) >= 11 is 1.43. The van der Waals surface area contributed by atoms with Crippen LogP contribution in [0, 0.1) is 0 Å². The fourth-order valence-corrected chi connectivity index (χ4v) is 4.83. The van der Waals surface area contributed by atoms with Gasteiger partial charge < -0.3 is 10.4 Å². The number of phenols is 1. The van der Waals surface area contributed by atoms with Crippen molar-refractivity contribution in [3.63, 3.8) is 0 Å². The number of benzene rings is 3. The third-order valence-corrected chi connectivity index (χ3v) is 6.53. The van der Waals surface area contributed by atoms with Crippen molar-refractivity contribution in [3.8, 4) is 16.3 Å². The van der Waals surface area contributed by atoms with Gasteiger partial charge in [-0.15, -0.1) is 11.3 Å². The minimum absolute atomic E-state index is 0.0392. The zero-order valence-corrected chi connectivity index (χ0v) is 16.9. The van der Waals surface area contributed by atoms with Crippen LogP contribution in [0.2, 0.25) is 0 Å². The maximum absolute atomic E-state index is 12.7. The Morgan fingerprint density at radius 1 is 1.03 bits per heavy atom. The molecule has 0 saturated heterocycles. The largest absolute Gasteiger partial charge is 0.507 e. The van der Waals surface area contributed by atoms with Gasteiger partial charge in [-0.3, -0.25) is 4.79 Å². The van der Waals surface area contributed by atoms with Crippen molar-refractivity contribution >= 4 is 43.0 Å². The molecule has 0 aliphatic heterocycles. The highest BCUT2D eigenvalue weighted by Crippen LogP contribution is 2.36. The summed E-state index contributed by atoms with van der Waals surface area (Å²) in [7, 11) is -3.55. The van der Waals surface area contributed by atoms with Crippen LogP contribution in [0.4, 0.5) is 5.69 Å². The average Bonchev–Trinajstić information content (AvgIpc) is 3.12. The van der Waals surface area contributed by atoms with E-state index in [4.69, 9.17) is 0 Å². The van der Waals surface area contributed by atoms with Crippen LogP contribution in [-0.2, 0) is 9.84 Å². The number of carbonyl (C=O) groups excluding carboxylic acids is 1. The molecule has 0 unspecified atom stereocenters. The molecule has 0 spiro atoms. The lowest BCUT2D eigenvalue weighted by molar-refractivity contribution is 0.102. The number of fused-ring (bicyclic) bond motifs is 1. The van der Waals surface area contributed by atoms with E-state index in [0.717, 1.165) is 16.5 Å². The Morgan fingerprint density at radius 3 is 2.52 bits per heavy atom. The SMILES string of the molecule is CS(=O)(=O)c1ccccc1C(=O)Nc1ccc(O)c(-c2nc3ccccc3s2)c1. The molecular formula is C21H16N2O4S2. The smallest absolute Gasteiger partial charge is 0.256 e. The molecule has 4 rings (SSSR count). The van der Waals surface area contributed by atoms with Gasteiger partial charge in [-0.05, 0) is 42.5 Å². The fraction of sp³-hybridized carbons (Fsp3) is 0.0476. The van der Waals surface area contributed by atoms with Crippen molar-refractivity contribution in [2.45, 2.75) is 4.90 Å². The number of nitrogens with one attached hydrogen (secondary N) is 1. The number of hydrogen-bond donors (Lipinski definition) is 2. The summed E-state index contributed by atoms with van der Waals surface area (Å²) < 4.78 is 24.9. The minimum atomic E-state index is -3.55. The standard InChI is InChI=1S/C21H16N2O4S2/c1-29(26,27)19-9-5-2-6-14(19)20(25)22-13-10-11-17(24)15(12-13)21-23-16-7-3-4-8-18(16)28-21/h2-12,24H,1H3,(H,22,25). The number of carbonyl (C=O) groups is 1. The van der Waals surface area contributed by atoms with E-state index in [9.17, 15) is 18.3 Å². The average molecular weight is 425 g/mol. The normalized spacial score (nSPS) is 11.5. The molecule has 6 nitrogen and oxygen atoms in total. The second-order valence-electron chi connectivity index (χ2n) is 6.44. The van der Waals surface area contributed by atoms with Crippen LogP contribution in [0.5, 0.6) is 5.75 Å². The first-order chi connectivity index (χ1) is 13.8. The van der Waals surface area contributed by atoms with Crippen LogP contribution >= 0.6 is 11.3 Å². The first kappa shape index (κ1) is 19.1. The molecule has 0 radical (unpaired) electrons. The molecule has 146 valence electrons. The fourth-order valence-electron chi connectivity index (χ4n) is 2.95. The number of phenolic OH excluding ortho intramolecular Hbond substituents is 1. The van der Waals surface area contributed by atoms with Crippen LogP contribution in [0.1, 0.15) is 10.4 Å². The number of hydrogen-bond acceptors (Lipinski definition) is 6. The van der Waals surface area contributed by atoms with E-state index in [1.54, 1.807) is 24.3 Å². The number of anilines is 1. The molecular weight excluding hydrogens is 408 g/mol. The Hall–Kier alpha value is -3.23. The number of para-hydroxylation sites is 1. The predicted octanol–water partition coefficient (Wildman–Crippen LogP) is 4.32. The van der Waals surface area contributed by atoms with Crippen molar-refractivity contribution in [3.05, 3.63) is 72.3 Å². The van der Waals surface area contributed by atoms with Crippen LogP contribution in [0.25, 0.3) is 20.8 Å². The molecule has 0 fully saturated rings. The van der Waals surface area contributed by atoms with Gasteiger partial charge in [0.25, 0.3) is 5.91 Å². The first-order valence-electron chi connectivity index (χ1n) is 8.62. The van der Waals surface area contributed by atoms with E-state index in [2.05, 4.69) is 10.3 Å². The van der Waals surface area contributed by atoms with Gasteiger partial charge in [0, 0.05) is 11.9 Å². The van der Waals surface area contributed by atoms with E-state index < -0.39 is 15.7 Å². The summed E-state index contributed by atoms with van der Waals surface area (Å²) in [6, 6.07) is 18.3. The number of aromatic hydroxyl groups is 1. The zero-order chi connectivity index (χ0) is 20.6. The maximum Gasteiger partial charge on any atom is 0.256 e. The molecule has 0 saturated carbocycles. The number of nitrogens with zero attached hydrogens (tertiary/aromatic N) is 1. The van der Waals surface area contributed by atoms with Gasteiger partial charge in [-0.1, -0.05) is 24.3 Å². The van der Waals surface area contributed by atoms with E-state index >= 15 is 0 Å². The summed E-state index contributed by atoms with van der Waals surface area (Å²) in [6.07, 6.45) is 1.06. The predicted molar refractivity (Wildman–Crippen MR) is 114 cm³/mol. The van der Waals surface area contributed by atoms with Gasteiger partial charge in [0.05, 0.1) is 26.2 Å². The molecule has 8 heteroatoms. The van der Waals surface area contributed by atoms with Crippen LogP contribution in [-0.4, -0.2) is 30.7 Å². The second kappa shape index (κ2) is 7.31. The molecule has 3 aromatic carbocycles. The van der Waals surface area contributed by atoms with Crippen molar-refractivity contribution in [1.29, 1.82) is 0 Å². The highest BCUT2D eigenvalue weighted by Gasteiger charge is 2.19. The van der Waals surface area contributed by atoms with Crippen LogP contribution in [0.15, 0.2) is 71.6 Å². The summed E-state index contributed by atoms with van der Waals surface area (Å²) in [6.45, 7) is 0. The lowest BCUT2D eigenvalue weighted by Gasteiger charge is -2.10. The molecule has 0 atom stereocenters. The Balaban J connectivity index is 1.69.